The highest BCUT2D eigenvalue weighted by molar-refractivity contribution is 5.69. The molecule has 1 aromatic heterocycles. The molecule has 1 heterocycles. The Bertz CT molecular complexity index is 585. The molecule has 5 heteroatoms. The van der Waals surface area contributed by atoms with Crippen LogP contribution in [0.3, 0.4) is 0 Å². The Morgan fingerprint density at radius 1 is 0.895 bits per heavy atom. The Labute approximate surface area is 112 Å². The molecular weight excluding hydrogens is 244 g/mol. The second kappa shape index (κ2) is 5.56. The molecule has 0 amide bonds. The predicted molar refractivity (Wildman–Crippen MR) is 71.9 cm³/mol. The van der Waals surface area contributed by atoms with Crippen LogP contribution in [0.5, 0.6) is 17.5 Å². The number of aryl methyl sites for hydroxylation is 1. The van der Waals surface area contributed by atoms with E-state index in [1.54, 1.807) is 21.3 Å². The topological polar surface area (TPSA) is 53.5 Å². The first-order valence-corrected chi connectivity index (χ1v) is 5.80. The fourth-order valence-electron chi connectivity index (χ4n) is 1.78. The molecule has 0 unspecified atom stereocenters. The van der Waals surface area contributed by atoms with Gasteiger partial charge in [0.1, 0.15) is 11.5 Å². The first-order valence-electron chi connectivity index (χ1n) is 5.80. The molecule has 0 saturated carbocycles. The summed E-state index contributed by atoms with van der Waals surface area (Å²) in [5.41, 5.74) is 2.45. The number of hydrogen-bond donors (Lipinski definition) is 0. The van der Waals surface area contributed by atoms with Gasteiger partial charge in [0.2, 0.25) is 0 Å². The quantitative estimate of drug-likeness (QED) is 0.845. The van der Waals surface area contributed by atoms with Crippen LogP contribution in [0.2, 0.25) is 0 Å². The summed E-state index contributed by atoms with van der Waals surface area (Å²) < 4.78 is 15.6. The van der Waals surface area contributed by atoms with Crippen LogP contribution in [0, 0.1) is 6.92 Å². The molecule has 0 aliphatic heterocycles. The monoisotopic (exact) mass is 260 g/mol. The zero-order valence-corrected chi connectivity index (χ0v) is 11.4. The van der Waals surface area contributed by atoms with Crippen LogP contribution in [0.15, 0.2) is 24.3 Å². The average molecular weight is 260 g/mol. The molecule has 0 aliphatic carbocycles. The third-order valence-corrected chi connectivity index (χ3v) is 2.70. The molecule has 0 aliphatic rings. The number of rotatable bonds is 4. The maximum absolute atomic E-state index is 5.37. The lowest BCUT2D eigenvalue weighted by Gasteiger charge is -2.11. The summed E-state index contributed by atoms with van der Waals surface area (Å²) in [4.78, 5) is 8.50. The summed E-state index contributed by atoms with van der Waals surface area (Å²) in [7, 11) is 4.78. The predicted octanol–water partition coefficient (Wildman–Crippen LogP) is 2.48. The Hall–Kier alpha value is -2.30. The molecule has 0 spiro atoms. The van der Waals surface area contributed by atoms with Crippen LogP contribution < -0.4 is 14.2 Å². The summed E-state index contributed by atoms with van der Waals surface area (Å²) in [5, 5.41) is 0. The minimum atomic E-state index is 0.341. The molecule has 0 radical (unpaired) electrons. The zero-order valence-electron chi connectivity index (χ0n) is 11.4. The maximum atomic E-state index is 5.37. The molecule has 1 aromatic carbocycles. The maximum Gasteiger partial charge on any atom is 0.316 e. The molecule has 19 heavy (non-hydrogen) atoms. The van der Waals surface area contributed by atoms with Crippen molar-refractivity contribution in [2.24, 2.45) is 0 Å². The van der Waals surface area contributed by atoms with E-state index in [1.165, 1.54) is 0 Å². The van der Waals surface area contributed by atoms with Crippen molar-refractivity contribution in [1.29, 1.82) is 0 Å². The first-order chi connectivity index (χ1) is 9.17. The van der Waals surface area contributed by atoms with Gasteiger partial charge in [-0.25, -0.2) is 4.98 Å². The Balaban J connectivity index is 2.54. The number of methoxy groups -OCH3 is 3. The lowest BCUT2D eigenvalue weighted by Crippen LogP contribution is -1.97. The van der Waals surface area contributed by atoms with Crippen molar-refractivity contribution in [2.45, 2.75) is 6.92 Å². The largest absolute Gasteiger partial charge is 0.497 e. The summed E-state index contributed by atoms with van der Waals surface area (Å²) in [6.45, 7) is 1.89. The number of ether oxygens (including phenoxy) is 3. The van der Waals surface area contributed by atoms with Gasteiger partial charge in [-0.05, 0) is 25.1 Å². The van der Waals surface area contributed by atoms with Crippen molar-refractivity contribution < 1.29 is 14.2 Å². The van der Waals surface area contributed by atoms with Gasteiger partial charge in [0, 0.05) is 17.3 Å². The van der Waals surface area contributed by atoms with E-state index in [0.29, 0.717) is 11.8 Å². The Morgan fingerprint density at radius 2 is 1.68 bits per heavy atom. The standard InChI is InChI=1S/C14H16N2O3/c1-9-7-12(16-14(15-9)19-4)11-6-5-10(17-2)8-13(11)18-3/h5-8H,1-4H3. The summed E-state index contributed by atoms with van der Waals surface area (Å²) in [6, 6.07) is 7.81. The Morgan fingerprint density at radius 3 is 2.32 bits per heavy atom. The molecule has 0 N–H and O–H groups in total. The summed E-state index contributed by atoms with van der Waals surface area (Å²) >= 11 is 0. The Kier molecular flexibility index (Phi) is 3.85. The van der Waals surface area contributed by atoms with Gasteiger partial charge in [0.15, 0.2) is 0 Å². The van der Waals surface area contributed by atoms with Crippen molar-refractivity contribution in [3.63, 3.8) is 0 Å². The normalized spacial score (nSPS) is 10.1. The molecule has 0 fully saturated rings. The lowest BCUT2D eigenvalue weighted by atomic mass is 10.1. The molecule has 5 nitrogen and oxygen atoms in total. The van der Waals surface area contributed by atoms with Gasteiger partial charge in [-0.3, -0.25) is 0 Å². The smallest absolute Gasteiger partial charge is 0.316 e. The van der Waals surface area contributed by atoms with E-state index in [1.807, 2.05) is 31.2 Å². The minimum absolute atomic E-state index is 0.341. The zero-order chi connectivity index (χ0) is 13.8. The highest BCUT2D eigenvalue weighted by Gasteiger charge is 2.11. The van der Waals surface area contributed by atoms with Gasteiger partial charge < -0.3 is 14.2 Å². The molecule has 2 rings (SSSR count). The van der Waals surface area contributed by atoms with Gasteiger partial charge in [0.05, 0.1) is 27.0 Å². The van der Waals surface area contributed by atoms with Gasteiger partial charge in [-0.2, -0.15) is 4.98 Å². The van der Waals surface area contributed by atoms with E-state index in [0.717, 1.165) is 22.7 Å². The summed E-state index contributed by atoms with van der Waals surface area (Å²) in [6.07, 6.45) is 0. The summed E-state index contributed by atoms with van der Waals surface area (Å²) in [5.74, 6) is 1.43. The van der Waals surface area contributed by atoms with Crippen molar-refractivity contribution >= 4 is 0 Å². The highest BCUT2D eigenvalue weighted by atomic mass is 16.5. The van der Waals surface area contributed by atoms with Crippen LogP contribution in [0.4, 0.5) is 0 Å². The SMILES string of the molecule is COc1ccc(-c2cc(C)nc(OC)n2)c(OC)c1. The van der Waals surface area contributed by atoms with Gasteiger partial charge in [-0.1, -0.05) is 0 Å². The minimum Gasteiger partial charge on any atom is -0.497 e. The number of hydrogen-bond acceptors (Lipinski definition) is 5. The van der Waals surface area contributed by atoms with Crippen LogP contribution in [0.25, 0.3) is 11.3 Å². The number of benzene rings is 1. The van der Waals surface area contributed by atoms with Gasteiger partial charge in [-0.15, -0.1) is 0 Å². The van der Waals surface area contributed by atoms with Crippen LogP contribution in [0.1, 0.15) is 5.69 Å². The fraction of sp³-hybridized carbons (Fsp3) is 0.286. The van der Waals surface area contributed by atoms with E-state index < -0.39 is 0 Å². The highest BCUT2D eigenvalue weighted by Crippen LogP contribution is 2.32. The van der Waals surface area contributed by atoms with E-state index >= 15 is 0 Å². The van der Waals surface area contributed by atoms with Gasteiger partial charge in [0.25, 0.3) is 0 Å². The van der Waals surface area contributed by atoms with Crippen molar-refractivity contribution in [1.82, 2.24) is 9.97 Å². The lowest BCUT2D eigenvalue weighted by molar-refractivity contribution is 0.379. The fourth-order valence-corrected chi connectivity index (χ4v) is 1.78. The van der Waals surface area contributed by atoms with E-state index in [2.05, 4.69) is 9.97 Å². The first kappa shape index (κ1) is 13.1. The third-order valence-electron chi connectivity index (χ3n) is 2.70. The molecular formula is C14H16N2O3. The molecule has 0 bridgehead atoms. The molecule has 2 aromatic rings. The molecule has 0 atom stereocenters. The molecule has 100 valence electrons. The average Bonchev–Trinajstić information content (AvgIpc) is 2.45. The van der Waals surface area contributed by atoms with Crippen molar-refractivity contribution in [3.8, 4) is 28.8 Å². The van der Waals surface area contributed by atoms with Crippen molar-refractivity contribution in [3.05, 3.63) is 30.0 Å². The second-order valence-electron chi connectivity index (χ2n) is 3.95. The number of nitrogens with zero attached hydrogens (tertiary/aromatic N) is 2. The van der Waals surface area contributed by atoms with Crippen LogP contribution in [-0.4, -0.2) is 31.3 Å². The van der Waals surface area contributed by atoms with Gasteiger partial charge >= 0.3 is 6.01 Å². The van der Waals surface area contributed by atoms with Crippen molar-refractivity contribution in [2.75, 3.05) is 21.3 Å². The van der Waals surface area contributed by atoms with E-state index in [4.69, 9.17) is 14.2 Å². The van der Waals surface area contributed by atoms with Crippen LogP contribution >= 0.6 is 0 Å². The van der Waals surface area contributed by atoms with Crippen LogP contribution in [-0.2, 0) is 0 Å². The molecule has 0 saturated heterocycles. The second-order valence-corrected chi connectivity index (χ2v) is 3.95. The third kappa shape index (κ3) is 2.76. The number of aromatic nitrogens is 2. The van der Waals surface area contributed by atoms with E-state index in [9.17, 15) is 0 Å². The van der Waals surface area contributed by atoms with E-state index in [-0.39, 0.29) is 0 Å².